The summed E-state index contributed by atoms with van der Waals surface area (Å²) < 4.78 is 0.999. The summed E-state index contributed by atoms with van der Waals surface area (Å²) in [6.07, 6.45) is 15.3. The molecule has 4 nitrogen and oxygen atoms in total. The van der Waals surface area contributed by atoms with Crippen molar-refractivity contribution in [2.45, 2.75) is 88.6 Å². The highest BCUT2D eigenvalue weighted by atomic mass is 127. The lowest BCUT2D eigenvalue weighted by molar-refractivity contribution is -0.137. The number of hydrogen-bond donors (Lipinski definition) is 2. The molecule has 0 aromatic heterocycles. The Labute approximate surface area is 222 Å². The molecule has 0 saturated carbocycles. The van der Waals surface area contributed by atoms with E-state index >= 15 is 0 Å². The van der Waals surface area contributed by atoms with E-state index in [1.807, 2.05) is 36.4 Å². The number of aliphatic hydroxyl groups is 1. The summed E-state index contributed by atoms with van der Waals surface area (Å²) >= 11 is 3.79. The van der Waals surface area contributed by atoms with Crippen LogP contribution in [0.15, 0.2) is 67.5 Å². The number of benzene rings is 1. The maximum Gasteiger partial charge on any atom is 0.303 e. The Balaban J connectivity index is 2.04. The molecular weight excluding hydrogens is 559 g/mol. The predicted octanol–water partition coefficient (Wildman–Crippen LogP) is 7.86. The molecule has 0 saturated heterocycles. The van der Waals surface area contributed by atoms with Crippen LogP contribution >= 0.6 is 34.4 Å². The first-order chi connectivity index (χ1) is 16.4. The third kappa shape index (κ3) is 10.5. The highest BCUT2D eigenvalue weighted by Gasteiger charge is 2.32. The third-order valence-corrected chi connectivity index (χ3v) is 7.90. The molecule has 0 fully saturated rings. The van der Waals surface area contributed by atoms with Gasteiger partial charge in [0.25, 0.3) is 0 Å². The number of Topliss-reactive ketones (excluding diaryl/α,β-unsaturated/α-hetero) is 1. The molecule has 0 aliphatic heterocycles. The number of aliphatic hydroxyl groups excluding tert-OH is 1. The van der Waals surface area contributed by atoms with Crippen LogP contribution in [0, 0.1) is 5.92 Å². The lowest BCUT2D eigenvalue weighted by Crippen LogP contribution is -2.08. The fraction of sp³-hybridized carbons (Fsp3) is 0.500. The topological polar surface area (TPSA) is 74.6 Å². The number of carboxylic acids is 1. The van der Waals surface area contributed by atoms with Crippen LogP contribution in [0.25, 0.3) is 0 Å². The monoisotopic (exact) mass is 596 g/mol. The Bertz CT molecular complexity index is 876. The van der Waals surface area contributed by atoms with E-state index in [9.17, 15) is 14.7 Å². The normalized spacial score (nSPS) is 18.4. The van der Waals surface area contributed by atoms with Crippen LogP contribution in [0.4, 0.5) is 0 Å². The zero-order valence-corrected chi connectivity index (χ0v) is 23.0. The maximum atomic E-state index is 13.3. The number of thioether (sulfide) groups is 1. The van der Waals surface area contributed by atoms with Gasteiger partial charge in [0.1, 0.15) is 0 Å². The Morgan fingerprint density at radius 2 is 1.79 bits per heavy atom. The van der Waals surface area contributed by atoms with Crippen molar-refractivity contribution in [3.8, 4) is 0 Å². The SMILES string of the molecule is CCCCCC(O)C=C(I)C1C=C(Sc2ccccc2)C(=O)C1=CCCCCCCCC(=O)O. The molecule has 2 atom stereocenters. The standard InChI is InChI=1S/C28H37IO4S/c1-2-3-9-14-21(30)19-25(29)24-20-26(34-22-15-10-8-11-16-22)28(33)23(24)17-12-6-4-5-7-13-18-27(31)32/h8,10-11,15-17,19-21,24,30H,2-7,9,12-14,18H2,1H3,(H,31,32). The van der Waals surface area contributed by atoms with Crippen molar-refractivity contribution in [2.75, 3.05) is 0 Å². The number of ketones is 1. The van der Waals surface area contributed by atoms with E-state index in [1.54, 1.807) is 0 Å². The molecule has 0 amide bonds. The van der Waals surface area contributed by atoms with Crippen molar-refractivity contribution in [1.29, 1.82) is 0 Å². The minimum absolute atomic E-state index is 0.0864. The van der Waals surface area contributed by atoms with Gasteiger partial charge < -0.3 is 10.2 Å². The smallest absolute Gasteiger partial charge is 0.303 e. The van der Waals surface area contributed by atoms with E-state index in [0.717, 1.165) is 83.2 Å². The van der Waals surface area contributed by atoms with E-state index in [1.165, 1.54) is 11.8 Å². The second-order valence-corrected chi connectivity index (χ2v) is 11.1. The number of carbonyl (C=O) groups excluding carboxylic acids is 1. The van der Waals surface area contributed by atoms with Crippen molar-refractivity contribution < 1.29 is 19.8 Å². The second kappa shape index (κ2) is 16.3. The van der Waals surface area contributed by atoms with E-state index < -0.39 is 12.1 Å². The Hall–Kier alpha value is -1.38. The molecule has 186 valence electrons. The van der Waals surface area contributed by atoms with E-state index in [2.05, 4.69) is 41.7 Å². The van der Waals surface area contributed by atoms with Gasteiger partial charge in [0.2, 0.25) is 0 Å². The molecule has 0 spiro atoms. The molecule has 0 bridgehead atoms. The maximum absolute atomic E-state index is 13.3. The Kier molecular flexibility index (Phi) is 13.9. The van der Waals surface area contributed by atoms with Gasteiger partial charge >= 0.3 is 5.97 Å². The van der Waals surface area contributed by atoms with Crippen molar-refractivity contribution in [1.82, 2.24) is 0 Å². The summed E-state index contributed by atoms with van der Waals surface area (Å²) in [5.41, 5.74) is 0.811. The van der Waals surface area contributed by atoms with Crippen molar-refractivity contribution in [3.63, 3.8) is 0 Å². The number of allylic oxidation sites excluding steroid dienone is 5. The highest BCUT2D eigenvalue weighted by molar-refractivity contribution is 14.1. The molecule has 1 aliphatic rings. The van der Waals surface area contributed by atoms with Gasteiger partial charge in [0.15, 0.2) is 5.78 Å². The summed E-state index contributed by atoms with van der Waals surface area (Å²) in [5, 5.41) is 19.2. The molecule has 2 N–H and O–H groups in total. The molecule has 2 unspecified atom stereocenters. The molecule has 0 heterocycles. The van der Waals surface area contributed by atoms with Crippen LogP contribution in [0.1, 0.15) is 77.6 Å². The average Bonchev–Trinajstić information content (AvgIpc) is 3.11. The number of hydrogen-bond acceptors (Lipinski definition) is 4. The summed E-state index contributed by atoms with van der Waals surface area (Å²) in [6, 6.07) is 9.94. The van der Waals surface area contributed by atoms with Gasteiger partial charge in [-0.15, -0.1) is 0 Å². The predicted molar refractivity (Wildman–Crippen MR) is 149 cm³/mol. The number of carboxylic acid groups (broad SMARTS) is 1. The summed E-state index contributed by atoms with van der Waals surface area (Å²) in [5.74, 6) is -0.746. The van der Waals surface area contributed by atoms with Gasteiger partial charge in [-0.3, -0.25) is 9.59 Å². The number of unbranched alkanes of at least 4 members (excludes halogenated alkanes) is 7. The molecule has 6 heteroatoms. The Morgan fingerprint density at radius 1 is 1.09 bits per heavy atom. The Morgan fingerprint density at radius 3 is 2.50 bits per heavy atom. The third-order valence-electron chi connectivity index (χ3n) is 5.82. The van der Waals surface area contributed by atoms with Crippen LogP contribution in [-0.4, -0.2) is 28.1 Å². The highest BCUT2D eigenvalue weighted by Crippen LogP contribution is 2.42. The van der Waals surface area contributed by atoms with E-state index in [0.29, 0.717) is 0 Å². The molecule has 1 aromatic rings. The summed E-state index contributed by atoms with van der Waals surface area (Å²) in [7, 11) is 0. The van der Waals surface area contributed by atoms with Crippen molar-refractivity contribution in [3.05, 3.63) is 62.6 Å². The number of halogens is 1. The first-order valence-corrected chi connectivity index (χ1v) is 14.3. The second-order valence-electron chi connectivity index (χ2n) is 8.73. The van der Waals surface area contributed by atoms with Crippen LogP contribution in [0.2, 0.25) is 0 Å². The largest absolute Gasteiger partial charge is 0.481 e. The fourth-order valence-electron chi connectivity index (χ4n) is 3.93. The van der Waals surface area contributed by atoms with Crippen LogP contribution < -0.4 is 0 Å². The van der Waals surface area contributed by atoms with Crippen LogP contribution in [0.5, 0.6) is 0 Å². The minimum Gasteiger partial charge on any atom is -0.481 e. The fourth-order valence-corrected chi connectivity index (χ4v) is 5.82. The van der Waals surface area contributed by atoms with Crippen molar-refractivity contribution >= 4 is 46.1 Å². The minimum atomic E-state index is -0.731. The molecule has 34 heavy (non-hydrogen) atoms. The van der Waals surface area contributed by atoms with Crippen LogP contribution in [-0.2, 0) is 9.59 Å². The number of aliphatic carboxylic acids is 1. The lowest BCUT2D eigenvalue weighted by Gasteiger charge is -2.13. The van der Waals surface area contributed by atoms with Crippen LogP contribution in [0.3, 0.4) is 0 Å². The molecular formula is C28H37IO4S. The van der Waals surface area contributed by atoms with E-state index in [-0.39, 0.29) is 18.1 Å². The van der Waals surface area contributed by atoms with Gasteiger partial charge in [0, 0.05) is 26.4 Å². The van der Waals surface area contributed by atoms with Crippen molar-refractivity contribution in [2.24, 2.45) is 5.92 Å². The zero-order valence-electron chi connectivity index (χ0n) is 20.0. The number of carbonyl (C=O) groups is 2. The van der Waals surface area contributed by atoms with Gasteiger partial charge in [-0.05, 0) is 66.5 Å². The molecule has 0 radical (unpaired) electrons. The van der Waals surface area contributed by atoms with E-state index in [4.69, 9.17) is 5.11 Å². The van der Waals surface area contributed by atoms with Gasteiger partial charge in [0.05, 0.1) is 11.0 Å². The van der Waals surface area contributed by atoms with Gasteiger partial charge in [-0.2, -0.15) is 0 Å². The lowest BCUT2D eigenvalue weighted by atomic mass is 9.98. The molecule has 1 aliphatic carbocycles. The summed E-state index contributed by atoms with van der Waals surface area (Å²) in [6.45, 7) is 2.15. The first-order valence-electron chi connectivity index (χ1n) is 12.4. The van der Waals surface area contributed by atoms with Gasteiger partial charge in [-0.1, -0.05) is 87.6 Å². The molecule has 1 aromatic carbocycles. The summed E-state index contributed by atoms with van der Waals surface area (Å²) in [4.78, 5) is 25.7. The number of rotatable bonds is 16. The average molecular weight is 597 g/mol. The quantitative estimate of drug-likeness (QED) is 0.115. The first kappa shape index (κ1) is 28.9. The van der Waals surface area contributed by atoms with Gasteiger partial charge in [-0.25, -0.2) is 0 Å². The zero-order chi connectivity index (χ0) is 24.8. The molecule has 2 rings (SSSR count).